The van der Waals surface area contributed by atoms with Gasteiger partial charge in [0.15, 0.2) is 5.12 Å². The average molecular weight is 568 g/mol. The SMILES string of the molecule is CC(=O)SCCC(=O)OC(C)(C)CNC(=O)NC(C(=O)N1CCC(c2ccc(Cl)cc2)C(C)(C)C1)C(C)C. The number of hydrogen-bond acceptors (Lipinski definition) is 6. The van der Waals surface area contributed by atoms with E-state index in [4.69, 9.17) is 16.3 Å². The van der Waals surface area contributed by atoms with Crippen LogP contribution in [0.5, 0.6) is 0 Å². The molecule has 2 unspecified atom stereocenters. The molecule has 0 spiro atoms. The van der Waals surface area contributed by atoms with Gasteiger partial charge in [0.05, 0.1) is 13.0 Å². The molecule has 1 aromatic carbocycles. The maximum atomic E-state index is 13.5. The van der Waals surface area contributed by atoms with E-state index < -0.39 is 23.6 Å². The van der Waals surface area contributed by atoms with Crippen molar-refractivity contribution in [1.82, 2.24) is 15.5 Å². The number of piperidine rings is 1. The van der Waals surface area contributed by atoms with Crippen LogP contribution in [0.15, 0.2) is 24.3 Å². The second-order valence-corrected chi connectivity index (χ2v) is 13.2. The highest BCUT2D eigenvalue weighted by atomic mass is 35.5. The standard InChI is InChI=1S/C28H42ClN3O5S/c1-18(2)24(31-26(36)30-16-28(6,7)37-23(34)13-15-38-19(3)33)25(35)32-14-12-22(27(4,5)17-32)20-8-10-21(29)11-9-20/h8-11,18,22,24H,12-17H2,1-7H3,(H2,30,31,36). The molecule has 1 aromatic rings. The molecule has 2 N–H and O–H groups in total. The Labute approximate surface area is 235 Å². The van der Waals surface area contributed by atoms with E-state index in [9.17, 15) is 19.2 Å². The summed E-state index contributed by atoms with van der Waals surface area (Å²) in [5.41, 5.74) is 0.119. The number of amides is 3. The van der Waals surface area contributed by atoms with Crippen LogP contribution in [0.1, 0.15) is 72.8 Å². The number of rotatable bonds is 10. The zero-order chi connectivity index (χ0) is 28.7. The summed E-state index contributed by atoms with van der Waals surface area (Å²) in [5.74, 6) is -0.0137. The molecule has 1 saturated heterocycles. The van der Waals surface area contributed by atoms with Gasteiger partial charge in [-0.2, -0.15) is 0 Å². The van der Waals surface area contributed by atoms with Gasteiger partial charge in [0.25, 0.3) is 0 Å². The molecule has 3 amide bonds. The quantitative estimate of drug-likeness (QED) is 0.386. The van der Waals surface area contributed by atoms with Crippen molar-refractivity contribution < 1.29 is 23.9 Å². The van der Waals surface area contributed by atoms with Gasteiger partial charge in [-0.15, -0.1) is 0 Å². The molecule has 1 aliphatic heterocycles. The van der Waals surface area contributed by atoms with Crippen LogP contribution in [-0.4, -0.2) is 65.0 Å². The van der Waals surface area contributed by atoms with E-state index >= 15 is 0 Å². The first kappa shape index (κ1) is 32.0. The smallest absolute Gasteiger partial charge is 0.315 e. The highest BCUT2D eigenvalue weighted by Crippen LogP contribution is 2.42. The Morgan fingerprint density at radius 2 is 1.82 bits per heavy atom. The molecule has 0 bridgehead atoms. The number of esters is 1. The van der Waals surface area contributed by atoms with E-state index in [1.54, 1.807) is 13.8 Å². The van der Waals surface area contributed by atoms with Crippen molar-refractivity contribution in [2.45, 2.75) is 78.9 Å². The lowest BCUT2D eigenvalue weighted by Crippen LogP contribution is -2.58. The van der Waals surface area contributed by atoms with Crippen molar-refractivity contribution in [2.75, 3.05) is 25.4 Å². The number of nitrogens with zero attached hydrogens (tertiary/aromatic N) is 1. The Balaban J connectivity index is 1.93. The Hall–Kier alpha value is -2.26. The first-order chi connectivity index (χ1) is 17.6. The minimum absolute atomic E-state index is 0.0563. The van der Waals surface area contributed by atoms with Gasteiger partial charge in [0, 0.05) is 30.8 Å². The third-order valence-electron chi connectivity index (χ3n) is 6.71. The highest BCUT2D eigenvalue weighted by molar-refractivity contribution is 8.13. The van der Waals surface area contributed by atoms with E-state index in [2.05, 4.69) is 36.6 Å². The first-order valence-electron chi connectivity index (χ1n) is 13.0. The van der Waals surface area contributed by atoms with Gasteiger partial charge in [-0.3, -0.25) is 14.4 Å². The minimum atomic E-state index is -0.944. The molecule has 2 rings (SSSR count). The molecule has 1 aliphatic rings. The lowest BCUT2D eigenvalue weighted by molar-refractivity contribution is -0.155. The number of thioether (sulfide) groups is 1. The fourth-order valence-electron chi connectivity index (χ4n) is 4.73. The third-order valence-corrected chi connectivity index (χ3v) is 7.78. The van der Waals surface area contributed by atoms with Crippen LogP contribution < -0.4 is 10.6 Å². The number of hydrogen-bond donors (Lipinski definition) is 2. The Kier molecular flexibility index (Phi) is 11.5. The van der Waals surface area contributed by atoms with Gasteiger partial charge >= 0.3 is 12.0 Å². The van der Waals surface area contributed by atoms with E-state index in [0.717, 1.165) is 18.2 Å². The number of ether oxygens (including phenoxy) is 1. The number of benzene rings is 1. The molecule has 212 valence electrons. The van der Waals surface area contributed by atoms with Crippen LogP contribution in [0.2, 0.25) is 5.02 Å². The summed E-state index contributed by atoms with van der Waals surface area (Å²) in [6.45, 7) is 14.2. The molecule has 10 heteroatoms. The Morgan fingerprint density at radius 1 is 1.18 bits per heavy atom. The number of halogens is 1. The molecular weight excluding hydrogens is 526 g/mol. The molecular formula is C28H42ClN3O5S. The summed E-state index contributed by atoms with van der Waals surface area (Å²) in [5, 5.41) is 6.20. The van der Waals surface area contributed by atoms with Crippen molar-refractivity contribution in [1.29, 1.82) is 0 Å². The Bertz CT molecular complexity index is 997. The first-order valence-corrected chi connectivity index (χ1v) is 14.4. The molecule has 38 heavy (non-hydrogen) atoms. The summed E-state index contributed by atoms with van der Waals surface area (Å²) in [6, 6.07) is 6.73. The fourth-order valence-corrected chi connectivity index (χ4v) is 5.41. The molecule has 0 radical (unpaired) electrons. The molecule has 1 heterocycles. The normalized spacial score (nSPS) is 18.0. The molecule has 0 aliphatic carbocycles. The molecule has 8 nitrogen and oxygen atoms in total. The summed E-state index contributed by atoms with van der Waals surface area (Å²) in [7, 11) is 0. The monoisotopic (exact) mass is 567 g/mol. The van der Waals surface area contributed by atoms with Crippen molar-refractivity contribution in [3.8, 4) is 0 Å². The third kappa shape index (κ3) is 9.80. The maximum Gasteiger partial charge on any atom is 0.315 e. The predicted octanol–water partition coefficient (Wildman–Crippen LogP) is 5.00. The number of carbonyl (C=O) groups excluding carboxylic acids is 4. The van der Waals surface area contributed by atoms with Crippen LogP contribution >= 0.6 is 23.4 Å². The average Bonchev–Trinajstić information content (AvgIpc) is 2.80. The summed E-state index contributed by atoms with van der Waals surface area (Å²) in [4.78, 5) is 51.2. The topological polar surface area (TPSA) is 105 Å². The van der Waals surface area contributed by atoms with Crippen molar-refractivity contribution in [3.05, 3.63) is 34.9 Å². The second-order valence-electron chi connectivity index (χ2n) is 11.5. The zero-order valence-electron chi connectivity index (χ0n) is 23.6. The van der Waals surface area contributed by atoms with Crippen molar-refractivity contribution in [3.63, 3.8) is 0 Å². The van der Waals surface area contributed by atoms with Gasteiger partial charge in [0.2, 0.25) is 5.91 Å². The zero-order valence-corrected chi connectivity index (χ0v) is 25.1. The lowest BCUT2D eigenvalue weighted by Gasteiger charge is -2.45. The predicted molar refractivity (Wildman–Crippen MR) is 152 cm³/mol. The van der Waals surface area contributed by atoms with Crippen LogP contribution in [0.25, 0.3) is 0 Å². The van der Waals surface area contributed by atoms with Crippen molar-refractivity contribution in [2.24, 2.45) is 11.3 Å². The minimum Gasteiger partial charge on any atom is -0.458 e. The van der Waals surface area contributed by atoms with E-state index in [1.807, 2.05) is 30.9 Å². The van der Waals surface area contributed by atoms with Gasteiger partial charge < -0.3 is 20.3 Å². The van der Waals surface area contributed by atoms with Gasteiger partial charge in [-0.25, -0.2) is 4.79 Å². The second kappa shape index (κ2) is 13.7. The maximum absolute atomic E-state index is 13.5. The molecule has 0 saturated carbocycles. The Morgan fingerprint density at radius 3 is 2.37 bits per heavy atom. The number of nitrogens with one attached hydrogen (secondary N) is 2. The summed E-state index contributed by atoms with van der Waals surface area (Å²) >= 11 is 7.13. The number of carbonyl (C=O) groups is 4. The van der Waals surface area contributed by atoms with Crippen LogP contribution in [0.4, 0.5) is 4.79 Å². The summed E-state index contributed by atoms with van der Waals surface area (Å²) < 4.78 is 5.45. The fraction of sp³-hybridized carbons (Fsp3) is 0.643. The molecule has 0 aromatic heterocycles. The number of urea groups is 1. The number of likely N-dealkylation sites (tertiary alicyclic amines) is 1. The van der Waals surface area contributed by atoms with E-state index in [-0.39, 0.29) is 35.3 Å². The van der Waals surface area contributed by atoms with Crippen molar-refractivity contribution >= 4 is 46.4 Å². The van der Waals surface area contributed by atoms with Gasteiger partial charge in [-0.05, 0) is 55.2 Å². The summed E-state index contributed by atoms with van der Waals surface area (Å²) in [6.07, 6.45) is 0.927. The van der Waals surface area contributed by atoms with Crippen LogP contribution in [0, 0.1) is 11.3 Å². The van der Waals surface area contributed by atoms with E-state index in [0.29, 0.717) is 29.8 Å². The molecule has 2 atom stereocenters. The van der Waals surface area contributed by atoms with Gasteiger partial charge in [0.1, 0.15) is 11.6 Å². The van der Waals surface area contributed by atoms with Crippen LogP contribution in [0.3, 0.4) is 0 Å². The lowest BCUT2D eigenvalue weighted by atomic mass is 9.70. The van der Waals surface area contributed by atoms with Gasteiger partial charge in [-0.1, -0.05) is 63.2 Å². The molecule has 1 fully saturated rings. The van der Waals surface area contributed by atoms with E-state index in [1.165, 1.54) is 12.5 Å². The highest BCUT2D eigenvalue weighted by Gasteiger charge is 2.40. The van der Waals surface area contributed by atoms with Crippen LogP contribution in [-0.2, 0) is 19.1 Å². The largest absolute Gasteiger partial charge is 0.458 e.